The van der Waals surface area contributed by atoms with Crippen molar-refractivity contribution in [3.63, 3.8) is 0 Å². The van der Waals surface area contributed by atoms with Gasteiger partial charge >= 0.3 is 0 Å². The third-order valence-corrected chi connectivity index (χ3v) is 2.78. The maximum absolute atomic E-state index is 9.35. The van der Waals surface area contributed by atoms with Gasteiger partial charge < -0.3 is 10.8 Å². The van der Waals surface area contributed by atoms with Gasteiger partial charge in [0.05, 0.1) is 11.1 Å². The Labute approximate surface area is 84.5 Å². The van der Waals surface area contributed by atoms with Crippen molar-refractivity contribution in [2.75, 3.05) is 6.54 Å². The van der Waals surface area contributed by atoms with Gasteiger partial charge in [-0.2, -0.15) is 0 Å². The number of hydrogen-bond donors (Lipinski definition) is 2. The normalized spacial score (nSPS) is 13.0. The number of hydrogen-bond acceptors (Lipinski definition) is 2. The number of benzene rings is 1. The lowest BCUT2D eigenvalue weighted by molar-refractivity contribution is 0.187. The van der Waals surface area contributed by atoms with Crippen molar-refractivity contribution in [2.45, 2.75) is 6.10 Å². The molecule has 12 heavy (non-hydrogen) atoms. The number of aliphatic hydroxyl groups is 1. The highest BCUT2D eigenvalue weighted by Crippen LogP contribution is 2.25. The van der Waals surface area contributed by atoms with Gasteiger partial charge in [-0.3, -0.25) is 0 Å². The molecule has 2 nitrogen and oxygen atoms in total. The van der Waals surface area contributed by atoms with E-state index in [1.165, 1.54) is 0 Å². The molecule has 0 aliphatic rings. The Morgan fingerprint density at radius 2 is 2.25 bits per heavy atom. The molecule has 0 fully saturated rings. The van der Waals surface area contributed by atoms with Crippen LogP contribution in [0, 0.1) is 0 Å². The zero-order chi connectivity index (χ0) is 9.14. The molecule has 1 unspecified atom stereocenters. The molecular weight excluding hydrogens is 241 g/mol. The molecule has 0 spiro atoms. The third-order valence-electron chi connectivity index (χ3n) is 1.55. The first-order valence-electron chi connectivity index (χ1n) is 3.48. The van der Waals surface area contributed by atoms with Gasteiger partial charge in [0, 0.05) is 11.0 Å². The second kappa shape index (κ2) is 4.23. The van der Waals surface area contributed by atoms with Crippen LogP contribution in [-0.2, 0) is 0 Å². The molecule has 66 valence electrons. The van der Waals surface area contributed by atoms with E-state index in [-0.39, 0.29) is 6.54 Å². The Kier molecular flexibility index (Phi) is 3.53. The second-order valence-electron chi connectivity index (χ2n) is 2.43. The summed E-state index contributed by atoms with van der Waals surface area (Å²) in [7, 11) is 0. The van der Waals surface area contributed by atoms with Gasteiger partial charge in [-0.15, -0.1) is 0 Å². The van der Waals surface area contributed by atoms with Gasteiger partial charge in [0.25, 0.3) is 0 Å². The maximum Gasteiger partial charge on any atom is 0.0912 e. The van der Waals surface area contributed by atoms with E-state index in [1.807, 2.05) is 0 Å². The summed E-state index contributed by atoms with van der Waals surface area (Å²) < 4.78 is 0.817. The van der Waals surface area contributed by atoms with Crippen molar-refractivity contribution >= 4 is 27.5 Å². The molecule has 0 aliphatic carbocycles. The highest BCUT2D eigenvalue weighted by molar-refractivity contribution is 9.10. The first-order valence-corrected chi connectivity index (χ1v) is 4.65. The van der Waals surface area contributed by atoms with E-state index >= 15 is 0 Å². The Morgan fingerprint density at radius 3 is 2.75 bits per heavy atom. The zero-order valence-corrected chi connectivity index (χ0v) is 8.64. The van der Waals surface area contributed by atoms with Gasteiger partial charge in [-0.1, -0.05) is 17.7 Å². The SMILES string of the molecule is NCC(O)c1ccc(Br)c(Cl)c1. The van der Waals surface area contributed by atoms with Crippen LogP contribution in [0.15, 0.2) is 22.7 Å². The zero-order valence-electron chi connectivity index (χ0n) is 6.30. The van der Waals surface area contributed by atoms with Crippen molar-refractivity contribution in [3.8, 4) is 0 Å². The summed E-state index contributed by atoms with van der Waals surface area (Å²) >= 11 is 9.07. The summed E-state index contributed by atoms with van der Waals surface area (Å²) in [5.41, 5.74) is 6.03. The average molecular weight is 251 g/mol. The van der Waals surface area contributed by atoms with Crippen LogP contribution in [0.4, 0.5) is 0 Å². The number of nitrogens with two attached hydrogens (primary N) is 1. The highest BCUT2D eigenvalue weighted by atomic mass is 79.9. The predicted octanol–water partition coefficient (Wildman–Crippen LogP) is 2.09. The van der Waals surface area contributed by atoms with Crippen LogP contribution in [0.25, 0.3) is 0 Å². The molecule has 4 heteroatoms. The topological polar surface area (TPSA) is 46.2 Å². The lowest BCUT2D eigenvalue weighted by Gasteiger charge is -2.08. The van der Waals surface area contributed by atoms with E-state index in [0.29, 0.717) is 5.02 Å². The summed E-state index contributed by atoms with van der Waals surface area (Å²) in [5.74, 6) is 0. The van der Waals surface area contributed by atoms with E-state index in [2.05, 4.69) is 15.9 Å². The average Bonchev–Trinajstić information content (AvgIpc) is 2.08. The molecule has 1 atom stereocenters. The monoisotopic (exact) mass is 249 g/mol. The first-order chi connectivity index (χ1) is 5.65. The smallest absolute Gasteiger partial charge is 0.0912 e. The minimum Gasteiger partial charge on any atom is -0.387 e. The number of rotatable bonds is 2. The molecule has 1 aromatic carbocycles. The molecule has 3 N–H and O–H groups in total. The van der Waals surface area contributed by atoms with E-state index in [9.17, 15) is 5.11 Å². The molecule has 0 heterocycles. The molecule has 0 saturated heterocycles. The molecule has 0 aliphatic heterocycles. The van der Waals surface area contributed by atoms with Crippen molar-refractivity contribution < 1.29 is 5.11 Å². The Hall–Kier alpha value is -0.0900. The van der Waals surface area contributed by atoms with Crippen LogP contribution >= 0.6 is 27.5 Å². The summed E-state index contributed by atoms with van der Waals surface area (Å²) in [6, 6.07) is 5.27. The lowest BCUT2D eigenvalue weighted by Crippen LogP contribution is -2.11. The quantitative estimate of drug-likeness (QED) is 0.844. The van der Waals surface area contributed by atoms with Crippen molar-refractivity contribution in [3.05, 3.63) is 33.3 Å². The largest absolute Gasteiger partial charge is 0.387 e. The standard InChI is InChI=1S/C8H9BrClNO/c9-6-2-1-5(3-7(6)10)8(12)4-11/h1-3,8,12H,4,11H2. The number of aliphatic hydroxyl groups excluding tert-OH is 1. The summed E-state index contributed by atoms with van der Waals surface area (Å²) in [6.07, 6.45) is -0.629. The third kappa shape index (κ3) is 2.20. The first kappa shape index (κ1) is 9.99. The van der Waals surface area contributed by atoms with Crippen molar-refractivity contribution in [2.24, 2.45) is 5.73 Å². The van der Waals surface area contributed by atoms with Crippen LogP contribution in [0.1, 0.15) is 11.7 Å². The van der Waals surface area contributed by atoms with E-state index in [0.717, 1.165) is 10.0 Å². The minimum absolute atomic E-state index is 0.206. The van der Waals surface area contributed by atoms with Crippen LogP contribution in [-0.4, -0.2) is 11.7 Å². The maximum atomic E-state index is 9.35. The lowest BCUT2D eigenvalue weighted by atomic mass is 10.1. The molecule has 1 aromatic rings. The van der Waals surface area contributed by atoms with Gasteiger partial charge in [0.1, 0.15) is 0 Å². The predicted molar refractivity (Wildman–Crippen MR) is 53.2 cm³/mol. The summed E-state index contributed by atoms with van der Waals surface area (Å²) in [5, 5.41) is 9.93. The highest BCUT2D eigenvalue weighted by Gasteiger charge is 2.06. The molecule has 0 aromatic heterocycles. The summed E-state index contributed by atoms with van der Waals surface area (Å²) in [4.78, 5) is 0. The minimum atomic E-state index is -0.629. The van der Waals surface area contributed by atoms with Gasteiger partial charge in [0.2, 0.25) is 0 Å². The van der Waals surface area contributed by atoms with Gasteiger partial charge in [-0.25, -0.2) is 0 Å². The fourth-order valence-corrected chi connectivity index (χ4v) is 1.29. The molecule has 0 amide bonds. The molecule has 1 rings (SSSR count). The molecular formula is C8H9BrClNO. The van der Waals surface area contributed by atoms with Crippen LogP contribution < -0.4 is 5.73 Å². The fourth-order valence-electron chi connectivity index (χ4n) is 0.856. The van der Waals surface area contributed by atoms with Crippen LogP contribution in [0.2, 0.25) is 5.02 Å². The summed E-state index contributed by atoms with van der Waals surface area (Å²) in [6.45, 7) is 0.206. The fraction of sp³-hybridized carbons (Fsp3) is 0.250. The van der Waals surface area contributed by atoms with E-state index < -0.39 is 6.10 Å². The van der Waals surface area contributed by atoms with Crippen molar-refractivity contribution in [1.29, 1.82) is 0 Å². The Morgan fingerprint density at radius 1 is 1.58 bits per heavy atom. The Bertz CT molecular complexity index is 280. The second-order valence-corrected chi connectivity index (χ2v) is 3.69. The van der Waals surface area contributed by atoms with Gasteiger partial charge in [-0.05, 0) is 33.6 Å². The van der Waals surface area contributed by atoms with Crippen LogP contribution in [0.3, 0.4) is 0 Å². The Balaban J connectivity index is 2.96. The number of halogens is 2. The molecule has 0 radical (unpaired) electrons. The molecule has 0 bridgehead atoms. The van der Waals surface area contributed by atoms with E-state index in [4.69, 9.17) is 17.3 Å². The van der Waals surface area contributed by atoms with E-state index in [1.54, 1.807) is 18.2 Å². The molecule has 0 saturated carbocycles. The van der Waals surface area contributed by atoms with Crippen molar-refractivity contribution in [1.82, 2.24) is 0 Å². The van der Waals surface area contributed by atoms with Gasteiger partial charge in [0.15, 0.2) is 0 Å². The van der Waals surface area contributed by atoms with Crippen LogP contribution in [0.5, 0.6) is 0 Å².